The molecular weight excluding hydrogens is 312 g/mol. The summed E-state index contributed by atoms with van der Waals surface area (Å²) in [4.78, 5) is 25.0. The molecule has 1 fully saturated rings. The highest BCUT2D eigenvalue weighted by molar-refractivity contribution is 9.09. The fourth-order valence-electron chi connectivity index (χ4n) is 2.35. The highest BCUT2D eigenvalue weighted by Crippen LogP contribution is 2.26. The number of amides is 1. The number of benzene rings is 1. The molecule has 0 aliphatic carbocycles. The molecular formula is C13H15BrN2O3. The molecule has 1 aliphatic heterocycles. The maximum absolute atomic E-state index is 12.5. The molecule has 102 valence electrons. The Balaban J connectivity index is 2.35. The molecule has 1 aromatic rings. The minimum atomic E-state index is -0.490. The molecule has 1 saturated heterocycles. The van der Waals surface area contributed by atoms with Gasteiger partial charge in [-0.15, -0.1) is 0 Å². The molecule has 19 heavy (non-hydrogen) atoms. The van der Waals surface area contributed by atoms with E-state index in [-0.39, 0.29) is 22.0 Å². The number of halogens is 1. The van der Waals surface area contributed by atoms with Crippen LogP contribution in [-0.2, 0) is 0 Å². The number of alkyl halides is 1. The lowest BCUT2D eigenvalue weighted by atomic mass is 10.0. The molecule has 0 radical (unpaired) electrons. The molecule has 0 spiro atoms. The molecule has 1 amide bonds. The van der Waals surface area contributed by atoms with Crippen molar-refractivity contribution in [3.8, 4) is 0 Å². The van der Waals surface area contributed by atoms with Gasteiger partial charge in [-0.3, -0.25) is 14.9 Å². The van der Waals surface area contributed by atoms with Gasteiger partial charge in [0.2, 0.25) is 0 Å². The Kier molecular flexibility index (Phi) is 4.19. The molecule has 0 N–H and O–H groups in total. The summed E-state index contributed by atoms with van der Waals surface area (Å²) in [6.45, 7) is 2.99. The lowest BCUT2D eigenvalue weighted by molar-refractivity contribution is -0.385. The number of carbonyl (C=O) groups excluding carboxylic acids is 1. The summed E-state index contributed by atoms with van der Waals surface area (Å²) in [7, 11) is 0. The zero-order chi connectivity index (χ0) is 14.0. The number of rotatable bonds is 2. The van der Waals surface area contributed by atoms with Crippen LogP contribution < -0.4 is 0 Å². The summed E-state index contributed by atoms with van der Waals surface area (Å²) < 4.78 is 0. The van der Waals surface area contributed by atoms with Gasteiger partial charge in [-0.25, -0.2) is 0 Å². The van der Waals surface area contributed by atoms with Crippen LogP contribution in [0, 0.1) is 17.0 Å². The maximum Gasteiger partial charge on any atom is 0.282 e. The van der Waals surface area contributed by atoms with Crippen LogP contribution in [0.4, 0.5) is 5.69 Å². The smallest absolute Gasteiger partial charge is 0.282 e. The predicted octanol–water partition coefficient (Wildman–Crippen LogP) is 2.90. The van der Waals surface area contributed by atoms with Crippen molar-refractivity contribution in [3.63, 3.8) is 0 Å². The van der Waals surface area contributed by atoms with Crippen molar-refractivity contribution in [1.82, 2.24) is 4.90 Å². The zero-order valence-electron chi connectivity index (χ0n) is 10.6. The van der Waals surface area contributed by atoms with Crippen molar-refractivity contribution >= 4 is 27.5 Å². The second-order valence-electron chi connectivity index (χ2n) is 4.72. The number of likely N-dealkylation sites (tertiary alicyclic amines) is 1. The number of hydrogen-bond donors (Lipinski definition) is 0. The third-order valence-electron chi connectivity index (χ3n) is 3.31. The predicted molar refractivity (Wildman–Crippen MR) is 75.7 cm³/mol. The second-order valence-corrected chi connectivity index (χ2v) is 6.01. The number of nitrogens with zero attached hydrogens (tertiary/aromatic N) is 2. The molecule has 1 atom stereocenters. The van der Waals surface area contributed by atoms with Gasteiger partial charge >= 0.3 is 0 Å². The first-order valence-corrected chi connectivity index (χ1v) is 7.09. The Bertz CT molecular complexity index is 519. The van der Waals surface area contributed by atoms with E-state index in [0.29, 0.717) is 18.7 Å². The van der Waals surface area contributed by atoms with Gasteiger partial charge in [-0.05, 0) is 25.3 Å². The van der Waals surface area contributed by atoms with Gasteiger partial charge in [0.05, 0.1) is 4.92 Å². The summed E-state index contributed by atoms with van der Waals surface area (Å²) >= 11 is 3.51. The van der Waals surface area contributed by atoms with Gasteiger partial charge in [0.15, 0.2) is 0 Å². The van der Waals surface area contributed by atoms with Crippen LogP contribution in [0.1, 0.15) is 28.8 Å². The average Bonchev–Trinajstić information content (AvgIpc) is 2.37. The quantitative estimate of drug-likeness (QED) is 0.477. The number of carbonyl (C=O) groups is 1. The monoisotopic (exact) mass is 326 g/mol. The average molecular weight is 327 g/mol. The molecule has 1 aromatic carbocycles. The maximum atomic E-state index is 12.5. The molecule has 0 bridgehead atoms. The topological polar surface area (TPSA) is 63.5 Å². The van der Waals surface area contributed by atoms with Crippen molar-refractivity contribution < 1.29 is 9.72 Å². The fraction of sp³-hybridized carbons (Fsp3) is 0.462. The zero-order valence-corrected chi connectivity index (χ0v) is 12.2. The van der Waals surface area contributed by atoms with Gasteiger partial charge in [0.1, 0.15) is 5.56 Å². The third-order valence-corrected chi connectivity index (χ3v) is 4.06. The van der Waals surface area contributed by atoms with Crippen LogP contribution >= 0.6 is 15.9 Å². The van der Waals surface area contributed by atoms with E-state index >= 15 is 0 Å². The van der Waals surface area contributed by atoms with Crippen molar-refractivity contribution in [1.29, 1.82) is 0 Å². The lowest BCUT2D eigenvalue weighted by Gasteiger charge is -2.30. The molecule has 0 aromatic heterocycles. The lowest BCUT2D eigenvalue weighted by Crippen LogP contribution is -2.40. The Morgan fingerprint density at radius 1 is 1.53 bits per heavy atom. The number of piperidine rings is 1. The molecule has 5 nitrogen and oxygen atoms in total. The van der Waals surface area contributed by atoms with Crippen LogP contribution in [0.3, 0.4) is 0 Å². The normalized spacial score (nSPS) is 19.3. The Morgan fingerprint density at radius 3 is 2.89 bits per heavy atom. The third kappa shape index (κ3) is 2.94. The van der Waals surface area contributed by atoms with Gasteiger partial charge in [0, 0.05) is 24.0 Å². The fourth-order valence-corrected chi connectivity index (χ4v) is 3.02. The van der Waals surface area contributed by atoms with Crippen LogP contribution in [0.25, 0.3) is 0 Å². The first-order chi connectivity index (χ1) is 9.00. The first-order valence-electron chi connectivity index (χ1n) is 6.18. The van der Waals surface area contributed by atoms with E-state index in [2.05, 4.69) is 15.9 Å². The number of aryl methyl sites for hydroxylation is 1. The van der Waals surface area contributed by atoms with Crippen LogP contribution in [0.2, 0.25) is 0 Å². The van der Waals surface area contributed by atoms with E-state index < -0.39 is 4.92 Å². The van der Waals surface area contributed by atoms with Crippen molar-refractivity contribution in [2.45, 2.75) is 24.6 Å². The van der Waals surface area contributed by atoms with Gasteiger partial charge in [-0.1, -0.05) is 28.1 Å². The summed E-state index contributed by atoms with van der Waals surface area (Å²) in [5, 5.41) is 11.1. The summed E-state index contributed by atoms with van der Waals surface area (Å²) in [6.07, 6.45) is 1.95. The van der Waals surface area contributed by atoms with E-state index in [9.17, 15) is 14.9 Å². The molecule has 1 heterocycles. The number of hydrogen-bond acceptors (Lipinski definition) is 3. The van der Waals surface area contributed by atoms with Crippen LogP contribution in [0.5, 0.6) is 0 Å². The minimum Gasteiger partial charge on any atom is -0.337 e. The standard InChI is InChI=1S/C13H15BrN2O3/c1-9-4-2-6-11(16(18)19)12(9)13(17)15-7-3-5-10(14)8-15/h2,4,6,10H,3,5,7-8H2,1H3. The van der Waals surface area contributed by atoms with E-state index in [1.54, 1.807) is 24.0 Å². The number of nitro benzene ring substituents is 1. The molecule has 1 unspecified atom stereocenters. The second kappa shape index (κ2) is 5.69. The van der Waals surface area contributed by atoms with E-state index in [1.165, 1.54) is 6.07 Å². The van der Waals surface area contributed by atoms with Crippen molar-refractivity contribution in [3.05, 3.63) is 39.4 Å². The van der Waals surface area contributed by atoms with Crippen molar-refractivity contribution in [2.75, 3.05) is 13.1 Å². The summed E-state index contributed by atoms with van der Waals surface area (Å²) in [6, 6.07) is 4.72. The highest BCUT2D eigenvalue weighted by Gasteiger charge is 2.29. The summed E-state index contributed by atoms with van der Waals surface area (Å²) in [5.41, 5.74) is 0.756. The molecule has 0 saturated carbocycles. The first kappa shape index (κ1) is 14.0. The molecule has 1 aliphatic rings. The van der Waals surface area contributed by atoms with E-state index in [4.69, 9.17) is 0 Å². The largest absolute Gasteiger partial charge is 0.337 e. The van der Waals surface area contributed by atoms with Gasteiger partial charge < -0.3 is 4.90 Å². The molecule has 2 rings (SSSR count). The highest BCUT2D eigenvalue weighted by atomic mass is 79.9. The van der Waals surface area contributed by atoms with Crippen LogP contribution in [-0.4, -0.2) is 33.6 Å². The number of nitro groups is 1. The van der Waals surface area contributed by atoms with Gasteiger partial charge in [0.25, 0.3) is 11.6 Å². The minimum absolute atomic E-state index is 0.110. The Hall–Kier alpha value is -1.43. The summed E-state index contributed by atoms with van der Waals surface area (Å²) in [5.74, 6) is -0.242. The molecule has 6 heteroatoms. The Labute approximate surface area is 119 Å². The van der Waals surface area contributed by atoms with Crippen molar-refractivity contribution in [2.24, 2.45) is 0 Å². The van der Waals surface area contributed by atoms with E-state index in [1.807, 2.05) is 0 Å². The SMILES string of the molecule is Cc1cccc([N+](=O)[O-])c1C(=O)N1CCCC(Br)C1. The van der Waals surface area contributed by atoms with Crippen LogP contribution in [0.15, 0.2) is 18.2 Å². The van der Waals surface area contributed by atoms with E-state index in [0.717, 1.165) is 12.8 Å². The van der Waals surface area contributed by atoms with Gasteiger partial charge in [-0.2, -0.15) is 0 Å². The Morgan fingerprint density at radius 2 is 2.26 bits per heavy atom.